The standard InChI is InChI=1S/C15H14N2O2/c1-9-7-13(17-15(16-9)10(2)18)11-3-4-14-12(8-11)5-6-19-14/h3-4,7-8H,5-6H2,1-2H3. The molecule has 0 amide bonds. The molecule has 0 saturated carbocycles. The van der Waals surface area contributed by atoms with Crippen LogP contribution in [0.3, 0.4) is 0 Å². The Hall–Kier alpha value is -2.23. The van der Waals surface area contributed by atoms with Crippen molar-refractivity contribution in [1.82, 2.24) is 9.97 Å². The molecule has 4 nitrogen and oxygen atoms in total. The number of hydrogen-bond acceptors (Lipinski definition) is 4. The third kappa shape index (κ3) is 2.21. The number of carbonyl (C=O) groups is 1. The van der Waals surface area contributed by atoms with E-state index in [1.807, 2.05) is 25.1 Å². The lowest BCUT2D eigenvalue weighted by Crippen LogP contribution is -2.03. The number of carbonyl (C=O) groups excluding carboxylic acids is 1. The van der Waals surface area contributed by atoms with E-state index in [1.54, 1.807) is 0 Å². The van der Waals surface area contributed by atoms with E-state index in [0.717, 1.165) is 35.7 Å². The van der Waals surface area contributed by atoms with Crippen molar-refractivity contribution >= 4 is 5.78 Å². The van der Waals surface area contributed by atoms with Crippen molar-refractivity contribution < 1.29 is 9.53 Å². The summed E-state index contributed by atoms with van der Waals surface area (Å²) in [6.45, 7) is 4.09. The molecule has 19 heavy (non-hydrogen) atoms. The van der Waals surface area contributed by atoms with Gasteiger partial charge in [-0.2, -0.15) is 0 Å². The SMILES string of the molecule is CC(=O)c1nc(C)cc(-c2ccc3c(c2)CCO3)n1. The van der Waals surface area contributed by atoms with Gasteiger partial charge in [0.05, 0.1) is 12.3 Å². The lowest BCUT2D eigenvalue weighted by atomic mass is 10.1. The zero-order valence-corrected chi connectivity index (χ0v) is 10.9. The molecule has 0 atom stereocenters. The van der Waals surface area contributed by atoms with Gasteiger partial charge >= 0.3 is 0 Å². The maximum Gasteiger partial charge on any atom is 0.196 e. The maximum absolute atomic E-state index is 11.4. The number of Topliss-reactive ketones (excluding diaryl/α,β-unsaturated/α-hetero) is 1. The van der Waals surface area contributed by atoms with Crippen LogP contribution < -0.4 is 4.74 Å². The second-order valence-corrected chi connectivity index (χ2v) is 4.70. The summed E-state index contributed by atoms with van der Waals surface area (Å²) in [7, 11) is 0. The highest BCUT2D eigenvalue weighted by atomic mass is 16.5. The Bertz CT molecular complexity index is 665. The van der Waals surface area contributed by atoms with Gasteiger partial charge in [0.1, 0.15) is 5.75 Å². The van der Waals surface area contributed by atoms with Gasteiger partial charge in [-0.15, -0.1) is 0 Å². The van der Waals surface area contributed by atoms with Gasteiger partial charge in [0, 0.05) is 24.6 Å². The molecule has 96 valence electrons. The van der Waals surface area contributed by atoms with Crippen molar-refractivity contribution in [2.45, 2.75) is 20.3 Å². The van der Waals surface area contributed by atoms with E-state index < -0.39 is 0 Å². The number of aromatic nitrogens is 2. The lowest BCUT2D eigenvalue weighted by molar-refractivity contribution is 0.100. The minimum Gasteiger partial charge on any atom is -0.493 e. The summed E-state index contributed by atoms with van der Waals surface area (Å²) in [5.74, 6) is 1.10. The quantitative estimate of drug-likeness (QED) is 0.773. The van der Waals surface area contributed by atoms with Crippen LogP contribution in [0, 0.1) is 6.92 Å². The number of aryl methyl sites for hydroxylation is 1. The first-order valence-corrected chi connectivity index (χ1v) is 6.26. The average molecular weight is 254 g/mol. The Morgan fingerprint density at radius 3 is 2.89 bits per heavy atom. The molecule has 2 aromatic rings. The third-order valence-electron chi connectivity index (χ3n) is 3.15. The number of ether oxygens (including phenoxy) is 1. The highest BCUT2D eigenvalue weighted by Gasteiger charge is 2.14. The zero-order valence-electron chi connectivity index (χ0n) is 10.9. The fourth-order valence-corrected chi connectivity index (χ4v) is 2.22. The largest absolute Gasteiger partial charge is 0.493 e. The normalized spacial score (nSPS) is 12.9. The number of rotatable bonds is 2. The number of hydrogen-bond donors (Lipinski definition) is 0. The van der Waals surface area contributed by atoms with Gasteiger partial charge in [-0.3, -0.25) is 4.79 Å². The van der Waals surface area contributed by atoms with Crippen molar-refractivity contribution in [2.75, 3.05) is 6.61 Å². The van der Waals surface area contributed by atoms with E-state index in [1.165, 1.54) is 12.5 Å². The van der Waals surface area contributed by atoms with Gasteiger partial charge in [0.25, 0.3) is 0 Å². The molecular formula is C15H14N2O2. The monoisotopic (exact) mass is 254 g/mol. The molecule has 0 N–H and O–H groups in total. The van der Waals surface area contributed by atoms with Gasteiger partial charge < -0.3 is 4.74 Å². The van der Waals surface area contributed by atoms with E-state index in [-0.39, 0.29) is 11.6 Å². The molecule has 1 aliphatic rings. The molecule has 0 unspecified atom stereocenters. The molecule has 1 aliphatic heterocycles. The summed E-state index contributed by atoms with van der Waals surface area (Å²) in [5, 5.41) is 0. The van der Waals surface area contributed by atoms with Crippen LogP contribution >= 0.6 is 0 Å². The minimum atomic E-state index is -0.116. The molecule has 1 aromatic heterocycles. The number of benzene rings is 1. The van der Waals surface area contributed by atoms with Gasteiger partial charge in [-0.05, 0) is 36.8 Å². The van der Waals surface area contributed by atoms with Crippen molar-refractivity contribution in [2.24, 2.45) is 0 Å². The first-order chi connectivity index (χ1) is 9.13. The van der Waals surface area contributed by atoms with Crippen LogP contribution in [-0.4, -0.2) is 22.4 Å². The molecule has 0 radical (unpaired) electrons. The Morgan fingerprint density at radius 2 is 2.11 bits per heavy atom. The van der Waals surface area contributed by atoms with Crippen molar-refractivity contribution in [3.05, 3.63) is 41.3 Å². The summed E-state index contributed by atoms with van der Waals surface area (Å²) in [4.78, 5) is 19.9. The van der Waals surface area contributed by atoms with E-state index >= 15 is 0 Å². The molecule has 0 saturated heterocycles. The van der Waals surface area contributed by atoms with Crippen LogP contribution in [0.1, 0.15) is 28.8 Å². The van der Waals surface area contributed by atoms with Crippen molar-refractivity contribution in [3.8, 4) is 17.0 Å². The molecule has 0 aliphatic carbocycles. The van der Waals surface area contributed by atoms with Gasteiger partial charge in [-0.25, -0.2) is 9.97 Å². The smallest absolute Gasteiger partial charge is 0.196 e. The highest BCUT2D eigenvalue weighted by Crippen LogP contribution is 2.29. The van der Waals surface area contributed by atoms with Crippen LogP contribution in [0.2, 0.25) is 0 Å². The van der Waals surface area contributed by atoms with Gasteiger partial charge in [0.2, 0.25) is 0 Å². The number of nitrogens with zero attached hydrogens (tertiary/aromatic N) is 2. The molecule has 1 aromatic carbocycles. The minimum absolute atomic E-state index is 0.116. The lowest BCUT2D eigenvalue weighted by Gasteiger charge is -2.06. The zero-order chi connectivity index (χ0) is 13.4. The van der Waals surface area contributed by atoms with Gasteiger partial charge in [0.15, 0.2) is 11.6 Å². The first-order valence-electron chi connectivity index (χ1n) is 6.26. The molecule has 0 fully saturated rings. The summed E-state index contributed by atoms with van der Waals surface area (Å²) < 4.78 is 5.49. The average Bonchev–Trinajstić information content (AvgIpc) is 2.85. The Balaban J connectivity index is 2.09. The second kappa shape index (κ2) is 4.46. The van der Waals surface area contributed by atoms with E-state index in [9.17, 15) is 4.79 Å². The fourth-order valence-electron chi connectivity index (χ4n) is 2.22. The van der Waals surface area contributed by atoms with Crippen molar-refractivity contribution in [3.63, 3.8) is 0 Å². The predicted octanol–water partition coefficient (Wildman–Crippen LogP) is 2.59. The summed E-state index contributed by atoms with van der Waals surface area (Å²) in [5.41, 5.74) is 3.77. The van der Waals surface area contributed by atoms with Crippen LogP contribution in [-0.2, 0) is 6.42 Å². The molecule has 0 bridgehead atoms. The van der Waals surface area contributed by atoms with E-state index in [2.05, 4.69) is 16.0 Å². The van der Waals surface area contributed by atoms with Crippen LogP contribution in [0.5, 0.6) is 5.75 Å². The summed E-state index contributed by atoms with van der Waals surface area (Å²) in [6, 6.07) is 7.90. The molecular weight excluding hydrogens is 240 g/mol. The van der Waals surface area contributed by atoms with Gasteiger partial charge in [-0.1, -0.05) is 0 Å². The van der Waals surface area contributed by atoms with Crippen LogP contribution in [0.15, 0.2) is 24.3 Å². The van der Waals surface area contributed by atoms with Crippen molar-refractivity contribution in [1.29, 1.82) is 0 Å². The van der Waals surface area contributed by atoms with E-state index in [4.69, 9.17) is 4.74 Å². The highest BCUT2D eigenvalue weighted by molar-refractivity contribution is 5.90. The number of fused-ring (bicyclic) bond motifs is 1. The number of ketones is 1. The van der Waals surface area contributed by atoms with E-state index in [0.29, 0.717) is 0 Å². The molecule has 0 spiro atoms. The Kier molecular flexibility index (Phi) is 2.78. The fraction of sp³-hybridized carbons (Fsp3) is 0.267. The summed E-state index contributed by atoms with van der Waals surface area (Å²) >= 11 is 0. The topological polar surface area (TPSA) is 52.1 Å². The Morgan fingerprint density at radius 1 is 1.26 bits per heavy atom. The maximum atomic E-state index is 11.4. The molecule has 3 rings (SSSR count). The molecule has 2 heterocycles. The first kappa shape index (κ1) is 11.8. The molecule has 4 heteroatoms. The second-order valence-electron chi connectivity index (χ2n) is 4.70. The third-order valence-corrected chi connectivity index (χ3v) is 3.15. The summed E-state index contributed by atoms with van der Waals surface area (Å²) in [6.07, 6.45) is 0.923. The van der Waals surface area contributed by atoms with Crippen LogP contribution in [0.4, 0.5) is 0 Å². The Labute approximate surface area is 111 Å². The van der Waals surface area contributed by atoms with Crippen LogP contribution in [0.25, 0.3) is 11.3 Å². The predicted molar refractivity (Wildman–Crippen MR) is 71.4 cm³/mol.